The predicted octanol–water partition coefficient (Wildman–Crippen LogP) is 1.09. The first-order valence-corrected chi connectivity index (χ1v) is 10.9. The van der Waals surface area contributed by atoms with Gasteiger partial charge in [-0.3, -0.25) is 25.3 Å². The summed E-state index contributed by atoms with van der Waals surface area (Å²) in [5.74, 6) is -1.21. The Labute approximate surface area is 125 Å². The van der Waals surface area contributed by atoms with E-state index in [1.54, 1.807) is 6.92 Å². The molecule has 0 aromatic heterocycles. The van der Waals surface area contributed by atoms with Crippen molar-refractivity contribution in [2.75, 3.05) is 11.5 Å². The van der Waals surface area contributed by atoms with Gasteiger partial charge in [0.15, 0.2) is 0 Å². The summed E-state index contributed by atoms with van der Waals surface area (Å²) in [6, 6.07) is 5.34. The number of sulfone groups is 3. The van der Waals surface area contributed by atoms with E-state index in [2.05, 4.69) is 0 Å². The smallest absolute Gasteiger partial charge is 0.0824 e. The fraction of sp³-hybridized carbons (Fsp3) is 0.417. The zero-order chi connectivity index (χ0) is 16.5. The Morgan fingerprint density at radius 2 is 1.19 bits per heavy atom. The topological polar surface area (TPSA) is 102 Å². The molecule has 0 aliphatic carbocycles. The molecule has 0 aliphatic heterocycles. The molecule has 0 unspecified atom stereocenters. The van der Waals surface area contributed by atoms with E-state index in [-0.39, 0.29) is 4.90 Å². The highest BCUT2D eigenvalue weighted by Gasteiger charge is 2.34. The van der Waals surface area contributed by atoms with Gasteiger partial charge in [-0.05, 0) is 19.1 Å². The number of rotatable bonds is 6. The van der Waals surface area contributed by atoms with Crippen LogP contribution in [0.25, 0.3) is 0 Å². The molecule has 1 aromatic rings. The van der Waals surface area contributed by atoms with E-state index in [1.807, 2.05) is 0 Å². The van der Waals surface area contributed by atoms with Gasteiger partial charge in [-0.25, -0.2) is 0 Å². The fourth-order valence-electron chi connectivity index (χ4n) is 1.58. The first-order valence-electron chi connectivity index (χ1n) is 6.13. The Balaban J connectivity index is 3.64. The Morgan fingerprint density at radius 1 is 0.810 bits per heavy atom. The highest BCUT2D eigenvalue weighted by molar-refractivity contribution is 8.28. The van der Waals surface area contributed by atoms with Crippen LogP contribution >= 0.6 is 0 Å². The minimum Gasteiger partial charge on any atom is -0.260 e. The van der Waals surface area contributed by atoms with E-state index in [0.29, 0.717) is 0 Å². The van der Waals surface area contributed by atoms with Crippen LogP contribution in [0.2, 0.25) is 0 Å². The molecule has 120 valence electrons. The standard InChI is InChI=1S/C12H17O6S3/c1-4-19(13,14)12(20(15,16)5-2)21(17,18)11-8-6-10(3)7-9-11/h6-9H,4-5H2,1-3H3/q-1. The van der Waals surface area contributed by atoms with Crippen LogP contribution in [0.5, 0.6) is 0 Å². The summed E-state index contributed by atoms with van der Waals surface area (Å²) >= 11 is 0. The van der Waals surface area contributed by atoms with Crippen molar-refractivity contribution in [1.29, 1.82) is 0 Å². The largest absolute Gasteiger partial charge is 0.260 e. The molecule has 0 heterocycles. The highest BCUT2D eigenvalue weighted by Crippen LogP contribution is 2.32. The van der Waals surface area contributed by atoms with Gasteiger partial charge in [0.25, 0.3) is 0 Å². The van der Waals surface area contributed by atoms with E-state index >= 15 is 0 Å². The summed E-state index contributed by atoms with van der Waals surface area (Å²) in [6.07, 6.45) is 0. The van der Waals surface area contributed by atoms with Gasteiger partial charge in [0.05, 0.1) is 29.5 Å². The minimum atomic E-state index is -4.62. The summed E-state index contributed by atoms with van der Waals surface area (Å²) in [6.45, 7) is 4.13. The van der Waals surface area contributed by atoms with Crippen LogP contribution in [0, 0.1) is 10.8 Å². The minimum absolute atomic E-state index is 0.350. The fourth-order valence-corrected chi connectivity index (χ4v) is 8.95. The van der Waals surface area contributed by atoms with Crippen LogP contribution in [0.1, 0.15) is 19.4 Å². The first kappa shape index (κ1) is 18.1. The lowest BCUT2D eigenvalue weighted by atomic mass is 10.2. The SMILES string of the molecule is CCS(=O)(=O)[C-](S(=O)(=O)CC)S(=O)(=O)c1ccc(C)cc1. The van der Waals surface area contributed by atoms with Gasteiger partial charge < -0.3 is 0 Å². The lowest BCUT2D eigenvalue weighted by Crippen LogP contribution is -2.32. The average molecular weight is 353 g/mol. The molecule has 21 heavy (non-hydrogen) atoms. The van der Waals surface area contributed by atoms with Crippen molar-refractivity contribution in [3.05, 3.63) is 33.7 Å². The van der Waals surface area contributed by atoms with Crippen molar-refractivity contribution in [3.63, 3.8) is 0 Å². The third-order valence-corrected chi connectivity index (χ3v) is 11.0. The molecule has 0 fully saturated rings. The van der Waals surface area contributed by atoms with E-state index in [4.69, 9.17) is 0 Å². The van der Waals surface area contributed by atoms with Gasteiger partial charge >= 0.3 is 0 Å². The average Bonchev–Trinajstić information content (AvgIpc) is 2.38. The highest BCUT2D eigenvalue weighted by atomic mass is 32.3. The molecule has 0 saturated carbocycles. The van der Waals surface area contributed by atoms with Crippen molar-refractivity contribution in [3.8, 4) is 0 Å². The predicted molar refractivity (Wildman–Crippen MR) is 80.5 cm³/mol. The molecule has 0 aliphatic rings. The van der Waals surface area contributed by atoms with Crippen LogP contribution in [-0.2, 0) is 29.5 Å². The van der Waals surface area contributed by atoms with E-state index in [0.717, 1.165) is 5.56 Å². The van der Waals surface area contributed by atoms with Crippen LogP contribution in [-0.4, -0.2) is 36.8 Å². The summed E-state index contributed by atoms with van der Waals surface area (Å²) in [5, 5.41) is 0. The van der Waals surface area contributed by atoms with Crippen LogP contribution in [0.15, 0.2) is 29.2 Å². The Morgan fingerprint density at radius 3 is 1.52 bits per heavy atom. The molecule has 0 atom stereocenters. The lowest BCUT2D eigenvalue weighted by molar-refractivity contribution is 0.584. The van der Waals surface area contributed by atoms with Crippen molar-refractivity contribution in [2.45, 2.75) is 25.7 Å². The monoisotopic (exact) mass is 353 g/mol. The summed E-state index contributed by atoms with van der Waals surface area (Å²) in [7, 11) is -13.4. The molecule has 1 aromatic carbocycles. The quantitative estimate of drug-likeness (QED) is 0.709. The van der Waals surface area contributed by atoms with Gasteiger partial charge in [-0.2, -0.15) is 0 Å². The molecule has 9 heteroatoms. The summed E-state index contributed by atoms with van der Waals surface area (Å²) in [4.78, 5) is -0.350. The number of hydrogen-bond donors (Lipinski definition) is 0. The maximum Gasteiger partial charge on any atom is 0.0824 e. The maximum atomic E-state index is 12.5. The van der Waals surface area contributed by atoms with Gasteiger partial charge in [-0.15, -0.1) is 0 Å². The second-order valence-electron chi connectivity index (χ2n) is 4.37. The van der Waals surface area contributed by atoms with Crippen LogP contribution < -0.4 is 0 Å². The molecule has 1 rings (SSSR count). The molecular weight excluding hydrogens is 336 g/mol. The Kier molecular flexibility index (Phi) is 5.22. The molecule has 0 radical (unpaired) electrons. The second-order valence-corrected chi connectivity index (χ2v) is 11.5. The van der Waals surface area contributed by atoms with E-state index in [1.165, 1.54) is 38.1 Å². The van der Waals surface area contributed by atoms with Crippen molar-refractivity contribution in [2.24, 2.45) is 0 Å². The number of hydrogen-bond acceptors (Lipinski definition) is 6. The zero-order valence-electron chi connectivity index (χ0n) is 11.9. The van der Waals surface area contributed by atoms with Crippen molar-refractivity contribution < 1.29 is 25.3 Å². The molecule has 0 N–H and O–H groups in total. The van der Waals surface area contributed by atoms with Crippen molar-refractivity contribution >= 4 is 29.5 Å². The third-order valence-electron chi connectivity index (χ3n) is 2.82. The number of benzene rings is 1. The Hall–Kier alpha value is -0.930. The molecule has 0 amide bonds. The van der Waals surface area contributed by atoms with Crippen LogP contribution in [0.3, 0.4) is 0 Å². The zero-order valence-corrected chi connectivity index (χ0v) is 14.3. The molecule has 6 nitrogen and oxygen atoms in total. The molecule has 0 bridgehead atoms. The van der Waals surface area contributed by atoms with E-state index < -0.39 is 44.9 Å². The first-order chi connectivity index (χ1) is 9.49. The molecule has 0 spiro atoms. The number of aryl methyl sites for hydroxylation is 1. The maximum absolute atomic E-state index is 12.5. The summed E-state index contributed by atoms with van der Waals surface area (Å²) in [5.41, 5.74) is 0.771. The van der Waals surface area contributed by atoms with Gasteiger partial charge in [0.2, 0.25) is 0 Å². The van der Waals surface area contributed by atoms with Gasteiger partial charge in [-0.1, -0.05) is 31.5 Å². The second kappa shape index (κ2) is 6.05. The molecule has 0 saturated heterocycles. The van der Waals surface area contributed by atoms with Gasteiger partial charge in [0.1, 0.15) is 0 Å². The third kappa shape index (κ3) is 3.64. The van der Waals surface area contributed by atoms with Crippen molar-refractivity contribution in [1.82, 2.24) is 0 Å². The Bertz CT molecular complexity index is 768. The van der Waals surface area contributed by atoms with E-state index in [9.17, 15) is 25.3 Å². The van der Waals surface area contributed by atoms with Gasteiger partial charge in [0, 0.05) is 20.3 Å². The molecular formula is C12H17O6S3-. The normalized spacial score (nSPS) is 13.5. The summed E-state index contributed by atoms with van der Waals surface area (Å²) < 4.78 is 71.5. The lowest BCUT2D eigenvalue weighted by Gasteiger charge is -2.28. The van der Waals surface area contributed by atoms with Crippen LogP contribution in [0.4, 0.5) is 0 Å².